The third kappa shape index (κ3) is 3.15. The van der Waals surface area contributed by atoms with Crippen LogP contribution in [0.15, 0.2) is 40.9 Å². The third-order valence-electron chi connectivity index (χ3n) is 2.35. The summed E-state index contributed by atoms with van der Waals surface area (Å²) in [5.74, 6) is 0.124. The molecule has 0 aliphatic heterocycles. The Kier molecular flexibility index (Phi) is 4.09. The van der Waals surface area contributed by atoms with Gasteiger partial charge in [-0.3, -0.25) is 0 Å². The largest absolute Gasteiger partial charge is 0.487 e. The molecule has 0 aliphatic rings. The van der Waals surface area contributed by atoms with Crippen LogP contribution >= 0.6 is 27.5 Å². The van der Waals surface area contributed by atoms with Crippen molar-refractivity contribution in [2.45, 2.75) is 6.61 Å². The van der Waals surface area contributed by atoms with Gasteiger partial charge in [0.15, 0.2) is 0 Å². The van der Waals surface area contributed by atoms with E-state index in [2.05, 4.69) is 15.9 Å². The number of rotatable bonds is 3. The van der Waals surface area contributed by atoms with Crippen molar-refractivity contribution in [3.05, 3.63) is 57.3 Å². The molecule has 0 radical (unpaired) electrons. The minimum Gasteiger partial charge on any atom is -0.487 e. The normalized spacial score (nSPS) is 10.4. The van der Waals surface area contributed by atoms with Crippen LogP contribution < -0.4 is 10.5 Å². The van der Waals surface area contributed by atoms with Crippen LogP contribution in [-0.4, -0.2) is 0 Å². The predicted octanol–water partition coefficient (Wildman–Crippen LogP) is 4.40. The van der Waals surface area contributed by atoms with Crippen molar-refractivity contribution < 1.29 is 9.13 Å². The first kappa shape index (κ1) is 13.2. The number of anilines is 1. The van der Waals surface area contributed by atoms with E-state index >= 15 is 0 Å². The van der Waals surface area contributed by atoms with Crippen LogP contribution in [0.25, 0.3) is 0 Å². The standard InChI is InChI=1S/C13H10BrClFNO/c14-9-2-4-13(11(15)5-9)18-7-8-1-3-10(17)6-12(8)16/h1-6H,7,17H2. The van der Waals surface area contributed by atoms with E-state index < -0.39 is 0 Å². The SMILES string of the molecule is Nc1ccc(COc2ccc(Br)cc2Cl)c(F)c1. The van der Waals surface area contributed by atoms with Crippen LogP contribution in [0.4, 0.5) is 10.1 Å². The van der Waals surface area contributed by atoms with Crippen LogP contribution in [0.5, 0.6) is 5.75 Å². The van der Waals surface area contributed by atoms with Gasteiger partial charge < -0.3 is 10.5 Å². The summed E-state index contributed by atoms with van der Waals surface area (Å²) >= 11 is 9.29. The van der Waals surface area contributed by atoms with Crippen LogP contribution in [0.1, 0.15) is 5.56 Å². The lowest BCUT2D eigenvalue weighted by atomic mass is 10.2. The molecule has 0 amide bonds. The zero-order chi connectivity index (χ0) is 13.1. The summed E-state index contributed by atoms with van der Waals surface area (Å²) in [6.07, 6.45) is 0. The summed E-state index contributed by atoms with van der Waals surface area (Å²) in [6.45, 7) is 0.105. The minimum absolute atomic E-state index is 0.105. The molecule has 2 nitrogen and oxygen atoms in total. The number of hydrogen-bond acceptors (Lipinski definition) is 2. The van der Waals surface area contributed by atoms with Crippen molar-refractivity contribution >= 4 is 33.2 Å². The summed E-state index contributed by atoms with van der Waals surface area (Å²) in [4.78, 5) is 0. The second-order valence-electron chi connectivity index (χ2n) is 3.71. The summed E-state index contributed by atoms with van der Waals surface area (Å²) < 4.78 is 19.8. The number of benzene rings is 2. The van der Waals surface area contributed by atoms with Gasteiger partial charge in [0.05, 0.1) is 5.02 Å². The summed E-state index contributed by atoms with van der Waals surface area (Å²) in [5.41, 5.74) is 6.29. The van der Waals surface area contributed by atoms with Crippen molar-refractivity contribution in [1.29, 1.82) is 0 Å². The predicted molar refractivity (Wildman–Crippen MR) is 74.3 cm³/mol. The molecule has 2 rings (SSSR count). The Labute approximate surface area is 118 Å². The smallest absolute Gasteiger partial charge is 0.138 e. The number of ether oxygens (including phenoxy) is 1. The molecule has 0 heterocycles. The highest BCUT2D eigenvalue weighted by Gasteiger charge is 2.06. The molecular formula is C13H10BrClFNO. The van der Waals surface area contributed by atoms with Gasteiger partial charge in [0.25, 0.3) is 0 Å². The van der Waals surface area contributed by atoms with E-state index in [1.807, 2.05) is 0 Å². The molecule has 0 spiro atoms. The lowest BCUT2D eigenvalue weighted by Crippen LogP contribution is -2.00. The fraction of sp³-hybridized carbons (Fsp3) is 0.0769. The van der Waals surface area contributed by atoms with E-state index in [0.717, 1.165) is 4.47 Å². The molecule has 0 bridgehead atoms. The third-order valence-corrected chi connectivity index (χ3v) is 3.14. The molecule has 0 saturated carbocycles. The first-order valence-electron chi connectivity index (χ1n) is 5.18. The number of nitrogens with two attached hydrogens (primary N) is 1. The minimum atomic E-state index is -0.386. The van der Waals surface area contributed by atoms with Crippen molar-refractivity contribution in [2.75, 3.05) is 5.73 Å². The number of halogens is 3. The molecule has 2 aromatic carbocycles. The lowest BCUT2D eigenvalue weighted by Gasteiger charge is -2.09. The maximum absolute atomic E-state index is 13.5. The fourth-order valence-electron chi connectivity index (χ4n) is 1.43. The molecule has 0 aliphatic carbocycles. The van der Waals surface area contributed by atoms with E-state index in [-0.39, 0.29) is 12.4 Å². The van der Waals surface area contributed by atoms with Gasteiger partial charge in [-0.2, -0.15) is 0 Å². The summed E-state index contributed by atoms with van der Waals surface area (Å²) in [7, 11) is 0. The van der Waals surface area contributed by atoms with Crippen LogP contribution in [-0.2, 0) is 6.61 Å². The molecule has 0 saturated heterocycles. The van der Waals surface area contributed by atoms with Crippen molar-refractivity contribution in [3.8, 4) is 5.75 Å². The van der Waals surface area contributed by atoms with E-state index in [4.69, 9.17) is 22.1 Å². The Morgan fingerprint density at radius 3 is 2.67 bits per heavy atom. The van der Waals surface area contributed by atoms with E-state index in [0.29, 0.717) is 22.0 Å². The van der Waals surface area contributed by atoms with Gasteiger partial charge >= 0.3 is 0 Å². The Hall–Kier alpha value is -1.26. The highest BCUT2D eigenvalue weighted by molar-refractivity contribution is 9.10. The molecule has 0 aromatic heterocycles. The van der Waals surface area contributed by atoms with Crippen LogP contribution in [0.2, 0.25) is 5.02 Å². The monoisotopic (exact) mass is 329 g/mol. The van der Waals surface area contributed by atoms with Gasteiger partial charge in [0.1, 0.15) is 18.2 Å². The number of hydrogen-bond donors (Lipinski definition) is 1. The van der Waals surface area contributed by atoms with Gasteiger partial charge in [-0.1, -0.05) is 33.6 Å². The second kappa shape index (κ2) is 5.59. The Morgan fingerprint density at radius 2 is 2.00 bits per heavy atom. The molecule has 5 heteroatoms. The molecule has 0 fully saturated rings. The lowest BCUT2D eigenvalue weighted by molar-refractivity contribution is 0.300. The average Bonchev–Trinajstić information content (AvgIpc) is 2.30. The Bertz CT molecular complexity index is 525. The van der Waals surface area contributed by atoms with Gasteiger partial charge in [0, 0.05) is 15.7 Å². The molecule has 94 valence electrons. The zero-order valence-corrected chi connectivity index (χ0v) is 11.6. The topological polar surface area (TPSA) is 35.2 Å². The summed E-state index contributed by atoms with van der Waals surface area (Å²) in [5, 5.41) is 0.472. The molecule has 2 aromatic rings. The highest BCUT2D eigenvalue weighted by atomic mass is 79.9. The molecule has 0 unspecified atom stereocenters. The molecular weight excluding hydrogens is 321 g/mol. The maximum Gasteiger partial charge on any atom is 0.138 e. The van der Waals surface area contributed by atoms with Gasteiger partial charge in [-0.05, 0) is 30.3 Å². The molecule has 0 atom stereocenters. The van der Waals surface area contributed by atoms with E-state index in [1.54, 1.807) is 30.3 Å². The van der Waals surface area contributed by atoms with Crippen LogP contribution in [0.3, 0.4) is 0 Å². The summed E-state index contributed by atoms with van der Waals surface area (Å²) in [6, 6.07) is 9.74. The van der Waals surface area contributed by atoms with E-state index in [9.17, 15) is 4.39 Å². The second-order valence-corrected chi connectivity index (χ2v) is 5.04. The van der Waals surface area contributed by atoms with Gasteiger partial charge in [-0.15, -0.1) is 0 Å². The highest BCUT2D eigenvalue weighted by Crippen LogP contribution is 2.28. The first-order chi connectivity index (χ1) is 8.56. The van der Waals surface area contributed by atoms with Crippen molar-refractivity contribution in [1.82, 2.24) is 0 Å². The van der Waals surface area contributed by atoms with Crippen LogP contribution in [0, 0.1) is 5.82 Å². The van der Waals surface area contributed by atoms with Gasteiger partial charge in [0.2, 0.25) is 0 Å². The quantitative estimate of drug-likeness (QED) is 0.846. The van der Waals surface area contributed by atoms with Gasteiger partial charge in [-0.25, -0.2) is 4.39 Å². The Balaban J connectivity index is 2.11. The average molecular weight is 331 g/mol. The molecule has 2 N–H and O–H groups in total. The van der Waals surface area contributed by atoms with Crippen molar-refractivity contribution in [2.24, 2.45) is 0 Å². The molecule has 18 heavy (non-hydrogen) atoms. The fourth-order valence-corrected chi connectivity index (χ4v) is 2.16. The zero-order valence-electron chi connectivity index (χ0n) is 9.29. The maximum atomic E-state index is 13.5. The Morgan fingerprint density at radius 1 is 1.22 bits per heavy atom. The van der Waals surface area contributed by atoms with Crippen molar-refractivity contribution in [3.63, 3.8) is 0 Å². The van der Waals surface area contributed by atoms with E-state index in [1.165, 1.54) is 6.07 Å². The first-order valence-corrected chi connectivity index (χ1v) is 6.35. The number of nitrogen functional groups attached to an aromatic ring is 1.